The van der Waals surface area contributed by atoms with Crippen LogP contribution in [0.2, 0.25) is 0 Å². The standard InChI is InChI=1S/C22H24FN5/c1-13(2)20-16-11-15(14-5-8-24-9-6-14)3-4-18(16)26-22(20)21-17(23)12-28-19(27-21)7-10-25-28/h3-4,7,10-14,24,26H,5-6,8-9H2,1-2H3. The topological polar surface area (TPSA) is 58.0 Å². The Hall–Kier alpha value is -2.73. The Labute approximate surface area is 163 Å². The number of fused-ring (bicyclic) bond motifs is 2. The van der Waals surface area contributed by atoms with Crippen LogP contribution in [0.15, 0.2) is 36.7 Å². The van der Waals surface area contributed by atoms with Gasteiger partial charge in [-0.2, -0.15) is 5.10 Å². The van der Waals surface area contributed by atoms with Crippen LogP contribution in [0.25, 0.3) is 27.9 Å². The molecule has 0 amide bonds. The lowest BCUT2D eigenvalue weighted by Crippen LogP contribution is -2.26. The van der Waals surface area contributed by atoms with Gasteiger partial charge in [0, 0.05) is 17.0 Å². The highest BCUT2D eigenvalue weighted by Crippen LogP contribution is 2.38. The molecule has 3 aromatic heterocycles. The zero-order valence-electron chi connectivity index (χ0n) is 16.2. The molecule has 5 rings (SSSR count). The molecule has 0 spiro atoms. The van der Waals surface area contributed by atoms with Crippen LogP contribution in [0.1, 0.15) is 49.7 Å². The van der Waals surface area contributed by atoms with E-state index in [4.69, 9.17) is 0 Å². The molecule has 1 saturated heterocycles. The molecule has 1 aliphatic rings. The van der Waals surface area contributed by atoms with Crippen molar-refractivity contribution < 1.29 is 4.39 Å². The number of piperidine rings is 1. The summed E-state index contributed by atoms with van der Waals surface area (Å²) in [7, 11) is 0. The van der Waals surface area contributed by atoms with Gasteiger partial charge in [0.15, 0.2) is 11.5 Å². The highest BCUT2D eigenvalue weighted by Gasteiger charge is 2.22. The molecule has 0 aliphatic carbocycles. The first-order valence-electron chi connectivity index (χ1n) is 9.98. The second-order valence-electron chi connectivity index (χ2n) is 7.97. The molecule has 144 valence electrons. The fourth-order valence-electron chi connectivity index (χ4n) is 4.43. The summed E-state index contributed by atoms with van der Waals surface area (Å²) in [6.07, 6.45) is 5.35. The highest BCUT2D eigenvalue weighted by molar-refractivity contribution is 5.91. The van der Waals surface area contributed by atoms with Crippen molar-refractivity contribution >= 4 is 16.6 Å². The highest BCUT2D eigenvalue weighted by atomic mass is 19.1. The van der Waals surface area contributed by atoms with Crippen LogP contribution < -0.4 is 5.32 Å². The van der Waals surface area contributed by atoms with E-state index < -0.39 is 0 Å². The third-order valence-electron chi connectivity index (χ3n) is 5.83. The van der Waals surface area contributed by atoms with E-state index in [1.165, 1.54) is 21.7 Å². The maximum absolute atomic E-state index is 14.9. The van der Waals surface area contributed by atoms with E-state index in [2.05, 4.69) is 52.4 Å². The molecule has 2 N–H and O–H groups in total. The molecule has 1 aromatic carbocycles. The zero-order valence-corrected chi connectivity index (χ0v) is 16.2. The van der Waals surface area contributed by atoms with Crippen molar-refractivity contribution in [1.82, 2.24) is 24.9 Å². The van der Waals surface area contributed by atoms with Gasteiger partial charge < -0.3 is 10.3 Å². The Morgan fingerprint density at radius 1 is 1.18 bits per heavy atom. The molecule has 0 unspecified atom stereocenters. The minimum Gasteiger partial charge on any atom is -0.353 e. The monoisotopic (exact) mass is 377 g/mol. The molecule has 4 aromatic rings. The molecule has 0 radical (unpaired) electrons. The summed E-state index contributed by atoms with van der Waals surface area (Å²) in [6.45, 7) is 6.44. The molecule has 0 saturated carbocycles. The maximum Gasteiger partial charge on any atom is 0.169 e. The summed E-state index contributed by atoms with van der Waals surface area (Å²) in [5.41, 5.74) is 5.30. The van der Waals surface area contributed by atoms with Crippen molar-refractivity contribution in [3.8, 4) is 11.4 Å². The van der Waals surface area contributed by atoms with Gasteiger partial charge in [0.2, 0.25) is 0 Å². The number of nitrogens with zero attached hydrogens (tertiary/aromatic N) is 3. The summed E-state index contributed by atoms with van der Waals surface area (Å²) < 4.78 is 16.3. The Balaban J connectivity index is 1.69. The Morgan fingerprint density at radius 3 is 2.79 bits per heavy atom. The summed E-state index contributed by atoms with van der Waals surface area (Å²) in [5.74, 6) is 0.458. The minimum absolute atomic E-state index is 0.245. The fourth-order valence-corrected chi connectivity index (χ4v) is 4.43. The van der Waals surface area contributed by atoms with Crippen LogP contribution >= 0.6 is 0 Å². The lowest BCUT2D eigenvalue weighted by atomic mass is 9.88. The van der Waals surface area contributed by atoms with Crippen molar-refractivity contribution in [2.24, 2.45) is 0 Å². The largest absolute Gasteiger partial charge is 0.353 e. The lowest BCUT2D eigenvalue weighted by molar-refractivity contribution is 0.460. The smallest absolute Gasteiger partial charge is 0.169 e. The number of hydrogen-bond acceptors (Lipinski definition) is 3. The van der Waals surface area contributed by atoms with E-state index in [1.807, 2.05) is 0 Å². The van der Waals surface area contributed by atoms with Crippen LogP contribution in [-0.4, -0.2) is 32.7 Å². The Morgan fingerprint density at radius 2 is 2.00 bits per heavy atom. The first-order valence-corrected chi connectivity index (χ1v) is 9.98. The summed E-state index contributed by atoms with van der Waals surface area (Å²) in [6, 6.07) is 8.44. The van der Waals surface area contributed by atoms with Crippen LogP contribution in [0.4, 0.5) is 4.39 Å². The molecular weight excluding hydrogens is 353 g/mol. The predicted octanol–water partition coefficient (Wildman–Crippen LogP) is 4.61. The van der Waals surface area contributed by atoms with Gasteiger partial charge in [0.05, 0.1) is 18.1 Å². The molecule has 5 nitrogen and oxygen atoms in total. The van der Waals surface area contributed by atoms with Gasteiger partial charge in [-0.3, -0.25) is 0 Å². The van der Waals surface area contributed by atoms with Crippen molar-refractivity contribution in [2.45, 2.75) is 38.5 Å². The van der Waals surface area contributed by atoms with E-state index in [0.717, 1.165) is 42.7 Å². The van der Waals surface area contributed by atoms with Crippen LogP contribution in [0.5, 0.6) is 0 Å². The van der Waals surface area contributed by atoms with Crippen molar-refractivity contribution in [1.29, 1.82) is 0 Å². The molecule has 0 atom stereocenters. The molecule has 1 fully saturated rings. The number of nitrogens with one attached hydrogen (secondary N) is 2. The van der Waals surface area contributed by atoms with E-state index in [1.54, 1.807) is 12.3 Å². The summed E-state index contributed by atoms with van der Waals surface area (Å²) in [5, 5.41) is 8.69. The molecule has 4 heterocycles. The van der Waals surface area contributed by atoms with Crippen molar-refractivity contribution in [3.05, 3.63) is 53.6 Å². The summed E-state index contributed by atoms with van der Waals surface area (Å²) >= 11 is 0. The molecule has 1 aliphatic heterocycles. The molecule has 0 bridgehead atoms. The number of aromatic nitrogens is 4. The SMILES string of the molecule is CC(C)c1c(-c2nc3ccnn3cc2F)[nH]c2ccc(C3CCNCC3)cc12. The average Bonchev–Trinajstić information content (AvgIpc) is 3.30. The zero-order chi connectivity index (χ0) is 19.3. The van der Waals surface area contributed by atoms with Gasteiger partial charge in [0.25, 0.3) is 0 Å². The first kappa shape index (κ1) is 17.4. The lowest BCUT2D eigenvalue weighted by Gasteiger charge is -2.23. The normalized spacial score (nSPS) is 15.9. The number of H-pyrrole nitrogens is 1. The van der Waals surface area contributed by atoms with Gasteiger partial charge in [-0.1, -0.05) is 19.9 Å². The number of benzene rings is 1. The molecular formula is C22H24FN5. The summed E-state index contributed by atoms with van der Waals surface area (Å²) in [4.78, 5) is 7.99. The number of hydrogen-bond donors (Lipinski definition) is 2. The number of halogens is 1. The van der Waals surface area contributed by atoms with Crippen molar-refractivity contribution in [3.63, 3.8) is 0 Å². The predicted molar refractivity (Wildman–Crippen MR) is 109 cm³/mol. The van der Waals surface area contributed by atoms with Gasteiger partial charge in [-0.25, -0.2) is 13.9 Å². The fraction of sp³-hybridized carbons (Fsp3) is 0.364. The molecule has 28 heavy (non-hydrogen) atoms. The average molecular weight is 377 g/mol. The Bertz CT molecular complexity index is 1150. The maximum atomic E-state index is 14.9. The number of rotatable bonds is 3. The second kappa shape index (κ2) is 6.71. The van der Waals surface area contributed by atoms with Gasteiger partial charge in [0.1, 0.15) is 5.69 Å². The van der Waals surface area contributed by atoms with E-state index >= 15 is 0 Å². The van der Waals surface area contributed by atoms with E-state index in [-0.39, 0.29) is 11.7 Å². The third-order valence-corrected chi connectivity index (χ3v) is 5.83. The minimum atomic E-state index is -0.372. The van der Waals surface area contributed by atoms with E-state index in [0.29, 0.717) is 17.3 Å². The van der Waals surface area contributed by atoms with Crippen LogP contribution in [0, 0.1) is 5.82 Å². The quantitative estimate of drug-likeness (QED) is 0.548. The van der Waals surface area contributed by atoms with Gasteiger partial charge >= 0.3 is 0 Å². The molecule has 6 heteroatoms. The van der Waals surface area contributed by atoms with Crippen LogP contribution in [-0.2, 0) is 0 Å². The third kappa shape index (κ3) is 2.79. The Kier molecular flexibility index (Phi) is 4.16. The van der Waals surface area contributed by atoms with Crippen LogP contribution in [0.3, 0.4) is 0 Å². The first-order chi connectivity index (χ1) is 13.6. The van der Waals surface area contributed by atoms with Crippen molar-refractivity contribution in [2.75, 3.05) is 13.1 Å². The van der Waals surface area contributed by atoms with Gasteiger partial charge in [-0.05, 0) is 61.0 Å². The second-order valence-corrected chi connectivity index (χ2v) is 7.97. The van der Waals surface area contributed by atoms with Gasteiger partial charge in [-0.15, -0.1) is 0 Å². The number of aromatic amines is 1. The van der Waals surface area contributed by atoms with E-state index in [9.17, 15) is 4.39 Å².